The molecule has 0 aliphatic heterocycles. The molecule has 2 aromatic rings. The molecule has 0 radical (unpaired) electrons. The summed E-state index contributed by atoms with van der Waals surface area (Å²) >= 11 is 3.37. The fourth-order valence-corrected chi connectivity index (χ4v) is 2.93. The van der Waals surface area contributed by atoms with E-state index in [0.29, 0.717) is 23.9 Å². The van der Waals surface area contributed by atoms with Crippen molar-refractivity contribution in [1.82, 2.24) is 14.5 Å². The minimum absolute atomic E-state index is 0.0925. The van der Waals surface area contributed by atoms with Crippen molar-refractivity contribution in [2.75, 3.05) is 13.1 Å². The van der Waals surface area contributed by atoms with Crippen LogP contribution in [0.3, 0.4) is 0 Å². The van der Waals surface area contributed by atoms with Crippen LogP contribution in [0.25, 0.3) is 10.9 Å². The molecule has 2 rings (SSSR count). The van der Waals surface area contributed by atoms with Gasteiger partial charge in [-0.05, 0) is 31.0 Å². The van der Waals surface area contributed by atoms with Crippen molar-refractivity contribution in [3.63, 3.8) is 0 Å². The molecule has 1 aromatic heterocycles. The largest absolute Gasteiger partial charge is 0.343 e. The number of rotatable bonds is 7. The van der Waals surface area contributed by atoms with Gasteiger partial charge in [0.2, 0.25) is 5.91 Å². The molecule has 0 fully saturated rings. The molecule has 1 heterocycles. The predicted octanol–water partition coefficient (Wildman–Crippen LogP) is 3.20. The smallest absolute Gasteiger partial charge is 0.261 e. The first-order chi connectivity index (χ1) is 11.1. The van der Waals surface area contributed by atoms with Crippen LogP contribution in [-0.4, -0.2) is 33.4 Å². The lowest BCUT2D eigenvalue weighted by Crippen LogP contribution is -2.34. The number of aromatic nitrogens is 2. The summed E-state index contributed by atoms with van der Waals surface area (Å²) in [5, 5.41) is 0.563. The van der Waals surface area contributed by atoms with Crippen LogP contribution in [0, 0.1) is 0 Å². The van der Waals surface area contributed by atoms with Crippen LogP contribution >= 0.6 is 15.9 Å². The van der Waals surface area contributed by atoms with Crippen LogP contribution in [0.5, 0.6) is 0 Å². The second-order valence-electron chi connectivity index (χ2n) is 5.54. The second kappa shape index (κ2) is 8.24. The number of carbonyl (C=O) groups is 1. The number of aryl methyl sites for hydroxylation is 1. The average Bonchev–Trinajstić information content (AvgIpc) is 2.54. The maximum atomic E-state index is 12.5. The first-order valence-electron chi connectivity index (χ1n) is 7.99. The maximum Gasteiger partial charge on any atom is 0.261 e. The highest BCUT2D eigenvalue weighted by Crippen LogP contribution is 2.14. The zero-order chi connectivity index (χ0) is 16.8. The van der Waals surface area contributed by atoms with Gasteiger partial charge in [-0.2, -0.15) is 0 Å². The molecule has 23 heavy (non-hydrogen) atoms. The average molecular weight is 380 g/mol. The summed E-state index contributed by atoms with van der Waals surface area (Å²) in [6.45, 7) is 6.02. The van der Waals surface area contributed by atoms with Crippen LogP contribution in [-0.2, 0) is 11.3 Å². The van der Waals surface area contributed by atoms with Crippen LogP contribution in [0.15, 0.2) is 33.8 Å². The number of amides is 1. The molecule has 0 saturated carbocycles. The van der Waals surface area contributed by atoms with E-state index >= 15 is 0 Å². The Balaban J connectivity index is 2.14. The Morgan fingerprint density at radius 1 is 1.26 bits per heavy atom. The molecule has 5 nitrogen and oxygen atoms in total. The van der Waals surface area contributed by atoms with E-state index < -0.39 is 0 Å². The van der Waals surface area contributed by atoms with Crippen molar-refractivity contribution in [2.24, 2.45) is 0 Å². The fourth-order valence-electron chi connectivity index (χ4n) is 2.57. The molecule has 0 atom stereocenters. The third kappa shape index (κ3) is 4.41. The minimum atomic E-state index is -0.110. The lowest BCUT2D eigenvalue weighted by atomic mass is 10.2. The monoisotopic (exact) mass is 379 g/mol. The Bertz CT molecular complexity index is 736. The van der Waals surface area contributed by atoms with Gasteiger partial charge < -0.3 is 4.90 Å². The highest BCUT2D eigenvalue weighted by Gasteiger charge is 2.12. The topological polar surface area (TPSA) is 55.2 Å². The van der Waals surface area contributed by atoms with E-state index in [1.165, 1.54) is 10.9 Å². The molecule has 1 aromatic carbocycles. The van der Waals surface area contributed by atoms with Gasteiger partial charge in [-0.1, -0.05) is 29.8 Å². The number of halogens is 1. The molecule has 0 bridgehead atoms. The van der Waals surface area contributed by atoms with Crippen molar-refractivity contribution in [2.45, 2.75) is 39.7 Å². The van der Waals surface area contributed by atoms with E-state index in [4.69, 9.17) is 0 Å². The van der Waals surface area contributed by atoms with Crippen LogP contribution < -0.4 is 5.56 Å². The predicted molar refractivity (Wildman–Crippen MR) is 95.5 cm³/mol. The molecule has 124 valence electrons. The van der Waals surface area contributed by atoms with Crippen LogP contribution in [0.4, 0.5) is 0 Å². The van der Waals surface area contributed by atoms with E-state index in [-0.39, 0.29) is 11.5 Å². The van der Waals surface area contributed by atoms with Gasteiger partial charge in [0.05, 0.1) is 17.2 Å². The van der Waals surface area contributed by atoms with E-state index in [2.05, 4.69) is 34.8 Å². The quantitative estimate of drug-likeness (QED) is 0.741. The van der Waals surface area contributed by atoms with Gasteiger partial charge in [0.15, 0.2) is 0 Å². The number of benzene rings is 1. The molecule has 0 saturated heterocycles. The number of fused-ring (bicyclic) bond motifs is 1. The van der Waals surface area contributed by atoms with Crippen molar-refractivity contribution in [3.8, 4) is 0 Å². The van der Waals surface area contributed by atoms with Gasteiger partial charge in [0, 0.05) is 30.5 Å². The van der Waals surface area contributed by atoms with Crippen molar-refractivity contribution in [3.05, 3.63) is 39.4 Å². The zero-order valence-electron chi connectivity index (χ0n) is 13.6. The van der Waals surface area contributed by atoms with Crippen molar-refractivity contribution in [1.29, 1.82) is 0 Å². The Labute approximate surface area is 144 Å². The number of nitrogens with zero attached hydrogens (tertiary/aromatic N) is 3. The molecular formula is C17H22BrN3O2. The number of carbonyl (C=O) groups excluding carboxylic acids is 1. The summed E-state index contributed by atoms with van der Waals surface area (Å²) in [7, 11) is 0. The van der Waals surface area contributed by atoms with E-state index in [0.717, 1.165) is 30.4 Å². The van der Waals surface area contributed by atoms with Gasteiger partial charge >= 0.3 is 0 Å². The van der Waals surface area contributed by atoms with Crippen LogP contribution in [0.2, 0.25) is 0 Å². The minimum Gasteiger partial charge on any atom is -0.343 e. The summed E-state index contributed by atoms with van der Waals surface area (Å²) < 4.78 is 2.36. The molecule has 1 amide bonds. The van der Waals surface area contributed by atoms with Gasteiger partial charge in [0.25, 0.3) is 5.56 Å². The van der Waals surface area contributed by atoms with Gasteiger partial charge in [0.1, 0.15) is 0 Å². The second-order valence-corrected chi connectivity index (χ2v) is 6.45. The zero-order valence-corrected chi connectivity index (χ0v) is 15.2. The summed E-state index contributed by atoms with van der Waals surface area (Å²) in [6.07, 6.45) is 3.73. The summed E-state index contributed by atoms with van der Waals surface area (Å²) in [5.41, 5.74) is 0.556. The molecular weight excluding hydrogens is 358 g/mol. The summed E-state index contributed by atoms with van der Waals surface area (Å²) in [6, 6.07) is 5.43. The first-order valence-corrected chi connectivity index (χ1v) is 8.78. The fraction of sp³-hybridized carbons (Fsp3) is 0.471. The Kier molecular flexibility index (Phi) is 6.33. The molecule has 0 spiro atoms. The summed E-state index contributed by atoms with van der Waals surface area (Å²) in [4.78, 5) is 31.0. The van der Waals surface area contributed by atoms with E-state index in [9.17, 15) is 9.59 Å². The first kappa shape index (κ1) is 17.7. The molecule has 6 heteroatoms. The van der Waals surface area contributed by atoms with Crippen LogP contribution in [0.1, 0.15) is 33.1 Å². The Morgan fingerprint density at radius 3 is 2.61 bits per heavy atom. The number of hydrogen-bond donors (Lipinski definition) is 0. The highest BCUT2D eigenvalue weighted by atomic mass is 79.9. The Morgan fingerprint density at radius 2 is 1.96 bits per heavy atom. The van der Waals surface area contributed by atoms with E-state index in [1.54, 1.807) is 12.1 Å². The number of hydrogen-bond acceptors (Lipinski definition) is 3. The third-order valence-electron chi connectivity index (χ3n) is 3.69. The highest BCUT2D eigenvalue weighted by molar-refractivity contribution is 9.10. The Hall–Kier alpha value is -1.69. The SMILES string of the molecule is CCCN(CCC)C(=O)CCn1cnc2ccc(Br)cc2c1=O. The molecule has 0 unspecified atom stereocenters. The van der Waals surface area contributed by atoms with Gasteiger partial charge in [-0.15, -0.1) is 0 Å². The maximum absolute atomic E-state index is 12.5. The normalized spacial score (nSPS) is 10.9. The standard InChI is InChI=1S/C17H22BrN3O2/c1-3-8-20(9-4-2)16(22)7-10-21-12-19-15-6-5-13(18)11-14(15)17(21)23/h5-6,11-12H,3-4,7-10H2,1-2H3. The molecule has 0 aliphatic rings. The molecule has 0 aliphatic carbocycles. The van der Waals surface area contributed by atoms with Gasteiger partial charge in [-0.25, -0.2) is 4.98 Å². The summed E-state index contributed by atoms with van der Waals surface area (Å²) in [5.74, 6) is 0.0925. The third-order valence-corrected chi connectivity index (χ3v) is 4.19. The van der Waals surface area contributed by atoms with E-state index in [1.807, 2.05) is 11.0 Å². The lowest BCUT2D eigenvalue weighted by Gasteiger charge is -2.21. The van der Waals surface area contributed by atoms with Gasteiger partial charge in [-0.3, -0.25) is 14.2 Å². The lowest BCUT2D eigenvalue weighted by molar-refractivity contribution is -0.131. The van der Waals surface area contributed by atoms with Crippen molar-refractivity contribution >= 4 is 32.7 Å². The van der Waals surface area contributed by atoms with Crippen molar-refractivity contribution < 1.29 is 4.79 Å². The molecule has 0 N–H and O–H groups in total.